The Morgan fingerprint density at radius 3 is 2.64 bits per heavy atom. The highest BCUT2D eigenvalue weighted by Gasteiger charge is 2.21. The lowest BCUT2D eigenvalue weighted by Crippen LogP contribution is -2.53. The summed E-state index contributed by atoms with van der Waals surface area (Å²) in [6, 6.07) is 12.1. The minimum Gasteiger partial charge on any atom is -0.461 e. The number of furan rings is 1. The molecule has 146 valence electrons. The molecule has 3 aromatic rings. The summed E-state index contributed by atoms with van der Waals surface area (Å²) >= 11 is 0. The van der Waals surface area contributed by atoms with E-state index in [1.165, 1.54) is 0 Å². The van der Waals surface area contributed by atoms with E-state index >= 15 is 0 Å². The molecule has 0 atom stereocenters. The van der Waals surface area contributed by atoms with Gasteiger partial charge in [-0.25, -0.2) is 9.97 Å². The standard InChI is InChI=1S/C21H26N6O/c1-2-22-20(25-11-8-18-16-17-6-3-4-7-19(17)28-18)26-12-14-27(15-13-26)21-23-9-5-10-24-21/h3-7,9-10,16H,2,8,11-15H2,1H3,(H,22,25). The van der Waals surface area contributed by atoms with Gasteiger partial charge in [0.15, 0.2) is 5.96 Å². The van der Waals surface area contributed by atoms with Crippen molar-refractivity contribution in [2.24, 2.45) is 4.99 Å². The molecule has 1 saturated heterocycles. The summed E-state index contributed by atoms with van der Waals surface area (Å²) in [5.74, 6) is 2.74. The van der Waals surface area contributed by atoms with Crippen molar-refractivity contribution in [2.45, 2.75) is 13.3 Å². The average Bonchev–Trinajstić information content (AvgIpc) is 3.17. The second kappa shape index (κ2) is 8.73. The zero-order valence-electron chi connectivity index (χ0n) is 16.2. The van der Waals surface area contributed by atoms with Gasteiger partial charge in [-0.05, 0) is 25.1 Å². The van der Waals surface area contributed by atoms with Crippen LogP contribution in [0.1, 0.15) is 12.7 Å². The maximum atomic E-state index is 5.89. The average molecular weight is 378 g/mol. The van der Waals surface area contributed by atoms with E-state index in [9.17, 15) is 0 Å². The summed E-state index contributed by atoms with van der Waals surface area (Å²) in [6.07, 6.45) is 4.37. The number of para-hydroxylation sites is 1. The first-order chi connectivity index (χ1) is 13.8. The lowest BCUT2D eigenvalue weighted by atomic mass is 10.2. The Morgan fingerprint density at radius 2 is 1.89 bits per heavy atom. The molecule has 1 fully saturated rings. The fourth-order valence-corrected chi connectivity index (χ4v) is 3.43. The predicted molar refractivity (Wildman–Crippen MR) is 112 cm³/mol. The number of nitrogens with one attached hydrogen (secondary N) is 1. The van der Waals surface area contributed by atoms with Crippen LogP contribution in [0.25, 0.3) is 11.0 Å². The first-order valence-corrected chi connectivity index (χ1v) is 9.86. The third-order valence-electron chi connectivity index (χ3n) is 4.85. The maximum absolute atomic E-state index is 5.89. The van der Waals surface area contributed by atoms with Gasteiger partial charge >= 0.3 is 0 Å². The summed E-state index contributed by atoms with van der Waals surface area (Å²) in [4.78, 5) is 18.0. The van der Waals surface area contributed by atoms with Gasteiger partial charge in [-0.3, -0.25) is 4.99 Å². The summed E-state index contributed by atoms with van der Waals surface area (Å²) in [7, 11) is 0. The van der Waals surface area contributed by atoms with Crippen LogP contribution < -0.4 is 10.2 Å². The lowest BCUT2D eigenvalue weighted by Gasteiger charge is -2.36. The van der Waals surface area contributed by atoms with Gasteiger partial charge in [-0.2, -0.15) is 0 Å². The van der Waals surface area contributed by atoms with Crippen LogP contribution in [0.2, 0.25) is 0 Å². The first-order valence-electron chi connectivity index (χ1n) is 9.86. The Bertz CT molecular complexity index is 882. The molecule has 1 N–H and O–H groups in total. The number of rotatable bonds is 5. The SMILES string of the molecule is CCNC(=NCCc1cc2ccccc2o1)N1CCN(c2ncccn2)CC1. The molecule has 0 aliphatic carbocycles. The number of nitrogens with zero attached hydrogens (tertiary/aromatic N) is 5. The van der Waals surface area contributed by atoms with Gasteiger partial charge in [0.25, 0.3) is 0 Å². The summed E-state index contributed by atoms with van der Waals surface area (Å²) in [5.41, 5.74) is 0.938. The molecule has 0 unspecified atom stereocenters. The lowest BCUT2D eigenvalue weighted by molar-refractivity contribution is 0.370. The number of fused-ring (bicyclic) bond motifs is 1. The molecule has 3 heterocycles. The van der Waals surface area contributed by atoms with E-state index < -0.39 is 0 Å². The van der Waals surface area contributed by atoms with Gasteiger partial charge in [0, 0.05) is 63.5 Å². The number of piperazine rings is 1. The highest BCUT2D eigenvalue weighted by Crippen LogP contribution is 2.19. The first kappa shape index (κ1) is 18.3. The number of hydrogen-bond donors (Lipinski definition) is 1. The van der Waals surface area contributed by atoms with E-state index in [0.717, 1.165) is 67.8 Å². The van der Waals surface area contributed by atoms with Gasteiger partial charge in [-0.15, -0.1) is 0 Å². The van der Waals surface area contributed by atoms with Crippen molar-refractivity contribution in [3.8, 4) is 0 Å². The summed E-state index contributed by atoms with van der Waals surface area (Å²) in [5, 5.41) is 4.56. The normalized spacial score (nSPS) is 15.2. The second-order valence-electron chi connectivity index (χ2n) is 6.76. The third kappa shape index (κ3) is 4.24. The van der Waals surface area contributed by atoms with E-state index in [2.05, 4.69) is 44.1 Å². The van der Waals surface area contributed by atoms with Crippen molar-refractivity contribution in [1.82, 2.24) is 20.2 Å². The van der Waals surface area contributed by atoms with Crippen molar-refractivity contribution >= 4 is 22.9 Å². The second-order valence-corrected chi connectivity index (χ2v) is 6.76. The zero-order chi connectivity index (χ0) is 19.2. The van der Waals surface area contributed by atoms with Gasteiger partial charge in [0.05, 0.1) is 0 Å². The van der Waals surface area contributed by atoms with Crippen LogP contribution in [0.15, 0.2) is 58.2 Å². The van der Waals surface area contributed by atoms with E-state index in [1.807, 2.05) is 24.3 Å². The summed E-state index contributed by atoms with van der Waals surface area (Å²) in [6.45, 7) is 7.22. The quantitative estimate of drug-likeness (QED) is 0.544. The third-order valence-corrected chi connectivity index (χ3v) is 4.85. The Balaban J connectivity index is 1.35. The Kier molecular flexibility index (Phi) is 5.70. The van der Waals surface area contributed by atoms with E-state index in [1.54, 1.807) is 12.4 Å². The number of anilines is 1. The summed E-state index contributed by atoms with van der Waals surface area (Å²) < 4.78 is 5.89. The van der Waals surface area contributed by atoms with Crippen molar-refractivity contribution in [2.75, 3.05) is 44.2 Å². The van der Waals surface area contributed by atoms with Crippen molar-refractivity contribution in [3.63, 3.8) is 0 Å². The number of aliphatic imine (C=N–C) groups is 1. The van der Waals surface area contributed by atoms with Gasteiger partial charge < -0.3 is 19.5 Å². The van der Waals surface area contributed by atoms with Crippen LogP contribution in [0.3, 0.4) is 0 Å². The number of guanidine groups is 1. The molecule has 0 spiro atoms. The Labute approximate surface area is 165 Å². The number of benzene rings is 1. The molecule has 1 aliphatic heterocycles. The maximum Gasteiger partial charge on any atom is 0.225 e. The molecule has 4 rings (SSSR count). The molecule has 0 radical (unpaired) electrons. The van der Waals surface area contributed by atoms with Crippen LogP contribution in [0, 0.1) is 0 Å². The molecule has 1 aliphatic rings. The van der Waals surface area contributed by atoms with Gasteiger partial charge in [0.1, 0.15) is 11.3 Å². The van der Waals surface area contributed by atoms with E-state index in [0.29, 0.717) is 6.54 Å². The van der Waals surface area contributed by atoms with Crippen LogP contribution in [0.4, 0.5) is 5.95 Å². The van der Waals surface area contributed by atoms with Crippen molar-refractivity contribution < 1.29 is 4.42 Å². The molecule has 0 bridgehead atoms. The number of hydrogen-bond acceptors (Lipinski definition) is 5. The predicted octanol–water partition coefficient (Wildman–Crippen LogP) is 2.55. The minimum atomic E-state index is 0.699. The molecule has 7 heteroatoms. The topological polar surface area (TPSA) is 69.8 Å². The molecular weight excluding hydrogens is 352 g/mol. The Morgan fingerprint density at radius 1 is 1.11 bits per heavy atom. The largest absolute Gasteiger partial charge is 0.461 e. The van der Waals surface area contributed by atoms with Crippen LogP contribution in [0.5, 0.6) is 0 Å². The number of aromatic nitrogens is 2. The van der Waals surface area contributed by atoms with Crippen LogP contribution in [-0.2, 0) is 6.42 Å². The highest BCUT2D eigenvalue weighted by atomic mass is 16.3. The van der Waals surface area contributed by atoms with E-state index in [-0.39, 0.29) is 0 Å². The molecule has 0 amide bonds. The fourth-order valence-electron chi connectivity index (χ4n) is 3.43. The zero-order valence-corrected chi connectivity index (χ0v) is 16.2. The highest BCUT2D eigenvalue weighted by molar-refractivity contribution is 5.80. The van der Waals surface area contributed by atoms with Crippen molar-refractivity contribution in [1.29, 1.82) is 0 Å². The molecular formula is C21H26N6O. The van der Waals surface area contributed by atoms with E-state index in [4.69, 9.17) is 9.41 Å². The molecule has 2 aromatic heterocycles. The Hall–Kier alpha value is -3.09. The minimum absolute atomic E-state index is 0.699. The smallest absolute Gasteiger partial charge is 0.225 e. The van der Waals surface area contributed by atoms with Crippen LogP contribution >= 0.6 is 0 Å². The van der Waals surface area contributed by atoms with Gasteiger partial charge in [-0.1, -0.05) is 18.2 Å². The molecule has 7 nitrogen and oxygen atoms in total. The fraction of sp³-hybridized carbons (Fsp3) is 0.381. The van der Waals surface area contributed by atoms with Crippen molar-refractivity contribution in [3.05, 3.63) is 54.6 Å². The molecule has 1 aromatic carbocycles. The van der Waals surface area contributed by atoms with Gasteiger partial charge in [0.2, 0.25) is 5.95 Å². The monoisotopic (exact) mass is 378 g/mol. The molecule has 0 saturated carbocycles. The molecule has 28 heavy (non-hydrogen) atoms. The van der Waals surface area contributed by atoms with Crippen LogP contribution in [-0.4, -0.2) is 60.1 Å².